The Morgan fingerprint density at radius 2 is 2.27 bits per heavy atom. The van der Waals surface area contributed by atoms with E-state index in [0.29, 0.717) is 19.6 Å². The average molecular weight is 368 g/mol. The molecule has 1 aromatic rings. The molecule has 0 bridgehead atoms. The fraction of sp³-hybridized carbons (Fsp3) is 0.500. The van der Waals surface area contributed by atoms with Gasteiger partial charge in [-0.15, -0.1) is 0 Å². The number of nitrogens with two attached hydrogens (primary N) is 1. The lowest BCUT2D eigenvalue weighted by Gasteiger charge is -2.18. The topological polar surface area (TPSA) is 75.4 Å². The molecule has 5 nitrogen and oxygen atoms in total. The van der Waals surface area contributed by atoms with E-state index in [1.54, 1.807) is 4.90 Å². The van der Waals surface area contributed by atoms with E-state index in [0.717, 1.165) is 15.7 Å². The summed E-state index contributed by atoms with van der Waals surface area (Å²) in [6.45, 7) is 5.48. The number of hydrogen-bond acceptors (Lipinski definition) is 3. The van der Waals surface area contributed by atoms with Crippen molar-refractivity contribution in [3.8, 4) is 0 Å². The monoisotopic (exact) mass is 367 g/mol. The molecule has 1 aliphatic rings. The molecule has 0 saturated carbocycles. The Balaban J connectivity index is 2.01. The molecule has 1 aliphatic heterocycles. The van der Waals surface area contributed by atoms with Crippen molar-refractivity contribution in [3.05, 3.63) is 28.2 Å². The zero-order chi connectivity index (χ0) is 16.3. The Hall–Kier alpha value is -1.40. The molecular weight excluding hydrogens is 346 g/mol. The molecular formula is C16H22BrN3O2. The van der Waals surface area contributed by atoms with E-state index in [1.807, 2.05) is 32.0 Å². The van der Waals surface area contributed by atoms with Crippen molar-refractivity contribution in [1.29, 1.82) is 0 Å². The number of aryl methyl sites for hydroxylation is 1. The van der Waals surface area contributed by atoms with Crippen LogP contribution in [0.4, 0.5) is 5.69 Å². The van der Waals surface area contributed by atoms with Gasteiger partial charge in [0.15, 0.2) is 0 Å². The van der Waals surface area contributed by atoms with Crippen LogP contribution in [-0.4, -0.2) is 31.4 Å². The summed E-state index contributed by atoms with van der Waals surface area (Å²) >= 11 is 3.45. The number of nitrogens with zero attached hydrogens (tertiary/aromatic N) is 1. The second kappa shape index (κ2) is 7.24. The van der Waals surface area contributed by atoms with Crippen LogP contribution in [-0.2, 0) is 9.59 Å². The summed E-state index contributed by atoms with van der Waals surface area (Å²) in [7, 11) is 0. The van der Waals surface area contributed by atoms with Gasteiger partial charge in [0.05, 0.1) is 5.92 Å². The molecule has 0 aromatic heterocycles. The first kappa shape index (κ1) is 17.0. The van der Waals surface area contributed by atoms with Crippen molar-refractivity contribution >= 4 is 33.4 Å². The highest BCUT2D eigenvalue weighted by molar-refractivity contribution is 9.10. The molecule has 2 amide bonds. The molecule has 22 heavy (non-hydrogen) atoms. The van der Waals surface area contributed by atoms with Crippen LogP contribution in [0.25, 0.3) is 0 Å². The fourth-order valence-corrected chi connectivity index (χ4v) is 2.68. The molecule has 120 valence electrons. The summed E-state index contributed by atoms with van der Waals surface area (Å²) in [6, 6.07) is 5.78. The maximum atomic E-state index is 12.2. The largest absolute Gasteiger partial charge is 0.355 e. The van der Waals surface area contributed by atoms with Gasteiger partial charge in [0.1, 0.15) is 0 Å². The molecule has 0 radical (unpaired) electrons. The van der Waals surface area contributed by atoms with E-state index < -0.39 is 0 Å². The zero-order valence-corrected chi connectivity index (χ0v) is 14.5. The zero-order valence-electron chi connectivity index (χ0n) is 12.9. The number of halogens is 1. The van der Waals surface area contributed by atoms with Crippen LogP contribution in [0.15, 0.2) is 22.7 Å². The minimum absolute atomic E-state index is 0.00579. The van der Waals surface area contributed by atoms with Crippen molar-refractivity contribution in [3.63, 3.8) is 0 Å². The number of carbonyl (C=O) groups is 2. The van der Waals surface area contributed by atoms with E-state index >= 15 is 0 Å². The molecule has 0 spiro atoms. The van der Waals surface area contributed by atoms with Gasteiger partial charge in [-0.3, -0.25) is 9.59 Å². The first-order valence-electron chi connectivity index (χ1n) is 7.46. The van der Waals surface area contributed by atoms with Gasteiger partial charge in [0.25, 0.3) is 0 Å². The van der Waals surface area contributed by atoms with Gasteiger partial charge in [-0.1, -0.05) is 22.9 Å². The second-order valence-electron chi connectivity index (χ2n) is 5.92. The van der Waals surface area contributed by atoms with E-state index in [-0.39, 0.29) is 30.1 Å². The molecule has 1 saturated heterocycles. The van der Waals surface area contributed by atoms with Crippen molar-refractivity contribution in [2.45, 2.75) is 20.3 Å². The van der Waals surface area contributed by atoms with E-state index in [9.17, 15) is 9.59 Å². The van der Waals surface area contributed by atoms with Gasteiger partial charge in [0.2, 0.25) is 11.8 Å². The molecule has 2 rings (SSSR count). The second-order valence-corrected chi connectivity index (χ2v) is 6.78. The first-order chi connectivity index (χ1) is 10.4. The van der Waals surface area contributed by atoms with Crippen molar-refractivity contribution in [2.24, 2.45) is 17.6 Å². The predicted molar refractivity (Wildman–Crippen MR) is 90.6 cm³/mol. The van der Waals surface area contributed by atoms with Crippen LogP contribution in [0, 0.1) is 18.8 Å². The Labute approximate surface area is 139 Å². The molecule has 1 fully saturated rings. The van der Waals surface area contributed by atoms with Crippen LogP contribution < -0.4 is 16.0 Å². The van der Waals surface area contributed by atoms with Gasteiger partial charge in [-0.05, 0) is 43.1 Å². The molecule has 6 heteroatoms. The Bertz CT molecular complexity index is 577. The number of anilines is 1. The van der Waals surface area contributed by atoms with E-state index in [1.165, 1.54) is 0 Å². The Kier molecular flexibility index (Phi) is 5.58. The molecule has 0 aliphatic carbocycles. The highest BCUT2D eigenvalue weighted by atomic mass is 79.9. The summed E-state index contributed by atoms with van der Waals surface area (Å²) in [4.78, 5) is 26.1. The number of carbonyl (C=O) groups excluding carboxylic acids is 2. The molecule has 3 N–H and O–H groups in total. The number of hydrogen-bond donors (Lipinski definition) is 2. The quantitative estimate of drug-likeness (QED) is 0.833. The normalized spacial score (nSPS) is 19.4. The SMILES string of the molecule is Cc1cc(N2CC(C(=O)NCC(C)CN)CC2=O)ccc1Br. The van der Waals surface area contributed by atoms with Gasteiger partial charge < -0.3 is 16.0 Å². The lowest BCUT2D eigenvalue weighted by molar-refractivity contribution is -0.126. The smallest absolute Gasteiger partial charge is 0.227 e. The van der Waals surface area contributed by atoms with E-state index in [2.05, 4.69) is 21.2 Å². The summed E-state index contributed by atoms with van der Waals surface area (Å²) in [5, 5.41) is 2.88. The first-order valence-corrected chi connectivity index (χ1v) is 8.26. The number of rotatable bonds is 5. The Morgan fingerprint density at radius 1 is 1.55 bits per heavy atom. The van der Waals surface area contributed by atoms with Gasteiger partial charge in [-0.2, -0.15) is 0 Å². The van der Waals surface area contributed by atoms with E-state index in [4.69, 9.17) is 5.73 Å². The van der Waals surface area contributed by atoms with Crippen LogP contribution in [0.2, 0.25) is 0 Å². The number of nitrogens with one attached hydrogen (secondary N) is 1. The number of amides is 2. The standard InChI is InChI=1S/C16H22BrN3O2/c1-10(7-18)8-19-16(22)12-6-15(21)20(9-12)13-3-4-14(17)11(2)5-13/h3-5,10,12H,6-9,18H2,1-2H3,(H,19,22). The van der Waals surface area contributed by atoms with Gasteiger partial charge >= 0.3 is 0 Å². The minimum Gasteiger partial charge on any atom is -0.355 e. The maximum Gasteiger partial charge on any atom is 0.227 e. The van der Waals surface area contributed by atoms with Gasteiger partial charge in [0, 0.05) is 29.7 Å². The summed E-state index contributed by atoms with van der Waals surface area (Å²) < 4.78 is 1.01. The van der Waals surface area contributed by atoms with Crippen molar-refractivity contribution < 1.29 is 9.59 Å². The van der Waals surface area contributed by atoms with Crippen LogP contribution >= 0.6 is 15.9 Å². The van der Waals surface area contributed by atoms with Crippen LogP contribution in [0.1, 0.15) is 18.9 Å². The third-order valence-corrected chi connectivity index (χ3v) is 4.87. The third kappa shape index (κ3) is 3.87. The third-order valence-electron chi connectivity index (χ3n) is 3.98. The van der Waals surface area contributed by atoms with Gasteiger partial charge in [-0.25, -0.2) is 0 Å². The maximum absolute atomic E-state index is 12.2. The molecule has 1 heterocycles. The molecule has 2 unspecified atom stereocenters. The van der Waals surface area contributed by atoms with Crippen molar-refractivity contribution in [2.75, 3.05) is 24.5 Å². The Morgan fingerprint density at radius 3 is 2.91 bits per heavy atom. The van der Waals surface area contributed by atoms with Crippen molar-refractivity contribution in [1.82, 2.24) is 5.32 Å². The highest BCUT2D eigenvalue weighted by Gasteiger charge is 2.35. The molecule has 1 aromatic carbocycles. The fourth-order valence-electron chi connectivity index (χ4n) is 2.43. The summed E-state index contributed by atoms with van der Waals surface area (Å²) in [5.41, 5.74) is 7.45. The lowest BCUT2D eigenvalue weighted by atomic mass is 10.1. The van der Waals surface area contributed by atoms with Crippen LogP contribution in [0.3, 0.4) is 0 Å². The predicted octanol–water partition coefficient (Wildman–Crippen LogP) is 1.82. The lowest BCUT2D eigenvalue weighted by Crippen LogP contribution is -2.36. The van der Waals surface area contributed by atoms with Crippen LogP contribution in [0.5, 0.6) is 0 Å². The summed E-state index contributed by atoms with van der Waals surface area (Å²) in [5.74, 6) is -0.119. The minimum atomic E-state index is -0.290. The average Bonchev–Trinajstić information content (AvgIpc) is 2.89. The molecule has 2 atom stereocenters. The summed E-state index contributed by atoms with van der Waals surface area (Å²) in [6.07, 6.45) is 0.262. The number of benzene rings is 1. The highest BCUT2D eigenvalue weighted by Crippen LogP contribution is 2.28.